The van der Waals surface area contributed by atoms with Crippen LogP contribution in [0.25, 0.3) is 0 Å². The molecule has 1 aromatic rings. The highest BCUT2D eigenvalue weighted by Crippen LogP contribution is 2.15. The van der Waals surface area contributed by atoms with Crippen LogP contribution in [0, 0.1) is 6.92 Å². The third kappa shape index (κ3) is 4.93. The van der Waals surface area contributed by atoms with Gasteiger partial charge in [0.15, 0.2) is 0 Å². The molecule has 4 nitrogen and oxygen atoms in total. The van der Waals surface area contributed by atoms with E-state index in [0.717, 1.165) is 31.2 Å². The van der Waals surface area contributed by atoms with Crippen LogP contribution in [0.3, 0.4) is 0 Å². The molecular weight excluding hydrogens is 252 g/mol. The molecule has 0 spiro atoms. The molecule has 0 aliphatic carbocycles. The zero-order valence-corrected chi connectivity index (χ0v) is 13.1. The number of hydrogen-bond donors (Lipinski definition) is 1. The van der Waals surface area contributed by atoms with Crippen LogP contribution in [0.2, 0.25) is 0 Å². The Morgan fingerprint density at radius 3 is 2.80 bits per heavy atom. The van der Waals surface area contributed by atoms with Gasteiger partial charge >= 0.3 is 0 Å². The number of nitrogens with zero attached hydrogens (tertiary/aromatic N) is 1. The summed E-state index contributed by atoms with van der Waals surface area (Å²) in [5, 5.41) is 3.38. The van der Waals surface area contributed by atoms with E-state index in [1.807, 2.05) is 0 Å². The van der Waals surface area contributed by atoms with E-state index in [1.165, 1.54) is 31.5 Å². The second kappa shape index (κ2) is 7.81. The van der Waals surface area contributed by atoms with Gasteiger partial charge < -0.3 is 19.4 Å². The molecule has 0 aromatic carbocycles. The molecule has 114 valence electrons. The Bertz CT molecular complexity index is 395. The number of aryl methyl sites for hydroxylation is 1. The fraction of sp³-hybridized carbons (Fsp3) is 0.750. The average molecular weight is 280 g/mol. The Balaban J connectivity index is 1.68. The molecule has 0 amide bonds. The number of ether oxygens (including phenoxy) is 1. The van der Waals surface area contributed by atoms with Crippen molar-refractivity contribution in [1.29, 1.82) is 0 Å². The summed E-state index contributed by atoms with van der Waals surface area (Å²) in [6.45, 7) is 12.0. The lowest BCUT2D eigenvalue weighted by Crippen LogP contribution is -2.23. The van der Waals surface area contributed by atoms with Gasteiger partial charge in [-0.3, -0.25) is 0 Å². The van der Waals surface area contributed by atoms with Crippen molar-refractivity contribution in [2.24, 2.45) is 0 Å². The SMILES string of the molecule is Cc1cc(COCCN2CCCC2)oc1CNC(C)C. The standard InChI is InChI=1S/C16H28N2O2/c1-13(2)17-11-16-14(3)10-15(20-16)12-19-9-8-18-6-4-5-7-18/h10,13,17H,4-9,11-12H2,1-3H3. The second-order valence-electron chi connectivity index (χ2n) is 5.96. The summed E-state index contributed by atoms with van der Waals surface area (Å²) < 4.78 is 11.6. The van der Waals surface area contributed by atoms with Gasteiger partial charge in [0, 0.05) is 12.6 Å². The minimum atomic E-state index is 0.472. The van der Waals surface area contributed by atoms with Gasteiger partial charge in [0.1, 0.15) is 18.1 Å². The minimum Gasteiger partial charge on any atom is -0.462 e. The molecule has 1 fully saturated rings. The maximum atomic E-state index is 5.84. The highest BCUT2D eigenvalue weighted by Gasteiger charge is 2.11. The average Bonchev–Trinajstić information content (AvgIpc) is 3.02. The molecule has 0 atom stereocenters. The van der Waals surface area contributed by atoms with Crippen LogP contribution < -0.4 is 5.32 Å². The van der Waals surface area contributed by atoms with Gasteiger partial charge in [-0.25, -0.2) is 0 Å². The monoisotopic (exact) mass is 280 g/mol. The van der Waals surface area contributed by atoms with Crippen molar-refractivity contribution < 1.29 is 9.15 Å². The molecule has 1 aliphatic heterocycles. The van der Waals surface area contributed by atoms with Crippen LogP contribution in [0.15, 0.2) is 10.5 Å². The lowest BCUT2D eigenvalue weighted by atomic mass is 10.2. The first kappa shape index (κ1) is 15.5. The normalized spacial score (nSPS) is 16.4. The first-order valence-electron chi connectivity index (χ1n) is 7.77. The van der Waals surface area contributed by atoms with Crippen molar-refractivity contribution in [3.63, 3.8) is 0 Å². The van der Waals surface area contributed by atoms with Gasteiger partial charge in [0.05, 0.1) is 13.2 Å². The van der Waals surface area contributed by atoms with Crippen molar-refractivity contribution in [3.05, 3.63) is 23.2 Å². The molecular formula is C16H28N2O2. The molecule has 4 heteroatoms. The van der Waals surface area contributed by atoms with E-state index in [4.69, 9.17) is 9.15 Å². The molecule has 1 saturated heterocycles. The lowest BCUT2D eigenvalue weighted by molar-refractivity contribution is 0.0866. The van der Waals surface area contributed by atoms with Crippen molar-refractivity contribution in [2.45, 2.75) is 52.8 Å². The molecule has 1 aromatic heterocycles. The van der Waals surface area contributed by atoms with Crippen molar-refractivity contribution in [3.8, 4) is 0 Å². The minimum absolute atomic E-state index is 0.472. The zero-order chi connectivity index (χ0) is 14.4. The topological polar surface area (TPSA) is 37.6 Å². The van der Waals surface area contributed by atoms with Gasteiger partial charge in [-0.05, 0) is 44.5 Å². The van der Waals surface area contributed by atoms with Crippen LogP contribution in [0.4, 0.5) is 0 Å². The fourth-order valence-electron chi connectivity index (χ4n) is 2.51. The van der Waals surface area contributed by atoms with E-state index in [1.54, 1.807) is 0 Å². The number of hydrogen-bond acceptors (Lipinski definition) is 4. The summed E-state index contributed by atoms with van der Waals surface area (Å²) in [4.78, 5) is 2.46. The van der Waals surface area contributed by atoms with E-state index in [-0.39, 0.29) is 0 Å². The molecule has 1 N–H and O–H groups in total. The van der Waals surface area contributed by atoms with Crippen molar-refractivity contribution in [2.75, 3.05) is 26.2 Å². The zero-order valence-electron chi connectivity index (χ0n) is 13.1. The summed E-state index contributed by atoms with van der Waals surface area (Å²) in [5.74, 6) is 1.96. The third-order valence-corrected chi connectivity index (χ3v) is 3.74. The largest absolute Gasteiger partial charge is 0.462 e. The Hall–Kier alpha value is -0.840. The maximum absolute atomic E-state index is 5.84. The van der Waals surface area contributed by atoms with Gasteiger partial charge in [-0.15, -0.1) is 0 Å². The molecule has 1 aliphatic rings. The Morgan fingerprint density at radius 2 is 2.10 bits per heavy atom. The predicted molar refractivity (Wildman–Crippen MR) is 80.8 cm³/mol. The Labute approximate surface area is 122 Å². The molecule has 2 rings (SSSR count). The predicted octanol–water partition coefficient (Wildman–Crippen LogP) is 2.70. The number of likely N-dealkylation sites (tertiary alicyclic amines) is 1. The number of nitrogens with one attached hydrogen (secondary N) is 1. The lowest BCUT2D eigenvalue weighted by Gasteiger charge is -2.13. The number of rotatable bonds is 8. The van der Waals surface area contributed by atoms with E-state index in [9.17, 15) is 0 Å². The van der Waals surface area contributed by atoms with E-state index in [2.05, 4.69) is 37.1 Å². The third-order valence-electron chi connectivity index (χ3n) is 3.74. The number of furan rings is 1. The maximum Gasteiger partial charge on any atom is 0.130 e. The van der Waals surface area contributed by atoms with E-state index < -0.39 is 0 Å². The van der Waals surface area contributed by atoms with Gasteiger partial charge in [-0.1, -0.05) is 13.8 Å². The van der Waals surface area contributed by atoms with Gasteiger partial charge in [0.2, 0.25) is 0 Å². The summed E-state index contributed by atoms with van der Waals surface area (Å²) in [6, 6.07) is 2.56. The molecule has 0 radical (unpaired) electrons. The highest BCUT2D eigenvalue weighted by molar-refractivity contribution is 5.19. The summed E-state index contributed by atoms with van der Waals surface area (Å²) in [5.41, 5.74) is 1.20. The molecule has 0 saturated carbocycles. The summed E-state index contributed by atoms with van der Waals surface area (Å²) in [7, 11) is 0. The quantitative estimate of drug-likeness (QED) is 0.743. The second-order valence-corrected chi connectivity index (χ2v) is 5.96. The Kier molecular flexibility index (Phi) is 6.07. The molecule has 20 heavy (non-hydrogen) atoms. The molecule has 0 bridgehead atoms. The van der Waals surface area contributed by atoms with Crippen molar-refractivity contribution >= 4 is 0 Å². The van der Waals surface area contributed by atoms with Crippen molar-refractivity contribution in [1.82, 2.24) is 10.2 Å². The smallest absolute Gasteiger partial charge is 0.130 e. The summed E-state index contributed by atoms with van der Waals surface area (Å²) >= 11 is 0. The van der Waals surface area contributed by atoms with Crippen LogP contribution in [0.5, 0.6) is 0 Å². The van der Waals surface area contributed by atoms with E-state index in [0.29, 0.717) is 12.6 Å². The first-order valence-corrected chi connectivity index (χ1v) is 7.77. The van der Waals surface area contributed by atoms with Crippen LogP contribution in [-0.2, 0) is 17.9 Å². The Morgan fingerprint density at radius 1 is 1.35 bits per heavy atom. The van der Waals surface area contributed by atoms with Gasteiger partial charge in [0.25, 0.3) is 0 Å². The highest BCUT2D eigenvalue weighted by atomic mass is 16.5. The molecule has 2 heterocycles. The van der Waals surface area contributed by atoms with Crippen LogP contribution >= 0.6 is 0 Å². The van der Waals surface area contributed by atoms with Crippen LogP contribution in [0.1, 0.15) is 43.8 Å². The fourth-order valence-corrected chi connectivity index (χ4v) is 2.51. The van der Waals surface area contributed by atoms with Gasteiger partial charge in [-0.2, -0.15) is 0 Å². The molecule has 0 unspecified atom stereocenters. The first-order chi connectivity index (χ1) is 9.65. The van der Waals surface area contributed by atoms with E-state index >= 15 is 0 Å². The van der Waals surface area contributed by atoms with Crippen LogP contribution in [-0.4, -0.2) is 37.2 Å². The summed E-state index contributed by atoms with van der Waals surface area (Å²) in [6.07, 6.45) is 2.67.